The average Bonchev–Trinajstić information content (AvgIpc) is 3.36. The van der Waals surface area contributed by atoms with E-state index in [0.717, 1.165) is 5.76 Å². The molecular formula is C21H18FNO4. The smallest absolute Gasteiger partial charge is 0.290 e. The predicted molar refractivity (Wildman–Crippen MR) is 96.6 cm³/mol. The summed E-state index contributed by atoms with van der Waals surface area (Å²) in [6, 6.07) is 11.5. The lowest BCUT2D eigenvalue weighted by atomic mass is 10.1. The quantitative estimate of drug-likeness (QED) is 0.485. The molecule has 4 rings (SSSR count). The fourth-order valence-corrected chi connectivity index (χ4v) is 3.09. The van der Waals surface area contributed by atoms with Gasteiger partial charge in [0.2, 0.25) is 0 Å². The predicted octanol–water partition coefficient (Wildman–Crippen LogP) is 5.22. The van der Waals surface area contributed by atoms with Gasteiger partial charge in [-0.2, -0.15) is 0 Å². The molecule has 0 aliphatic rings. The monoisotopic (exact) mass is 367 g/mol. The molecule has 0 saturated heterocycles. The lowest BCUT2D eigenvalue weighted by Crippen LogP contribution is -2.30. The van der Waals surface area contributed by atoms with E-state index in [4.69, 9.17) is 13.3 Å². The molecule has 0 aliphatic carbocycles. The Morgan fingerprint density at radius 2 is 1.85 bits per heavy atom. The van der Waals surface area contributed by atoms with Crippen molar-refractivity contribution in [3.63, 3.8) is 0 Å². The standard InChI is InChI=1S/C21H18FNO4/c1-13-5-7-17(26-13)12-23(11-16-4-3-9-25-16)21(24)20-14(2)18-10-15(22)6-8-19(18)27-20/h3-10H,11-12H2,1-2H3. The van der Waals surface area contributed by atoms with Gasteiger partial charge in [0.1, 0.15) is 28.7 Å². The zero-order valence-electron chi connectivity index (χ0n) is 15.0. The van der Waals surface area contributed by atoms with Crippen molar-refractivity contribution in [2.24, 2.45) is 0 Å². The molecule has 138 valence electrons. The first-order valence-electron chi connectivity index (χ1n) is 8.57. The van der Waals surface area contributed by atoms with Gasteiger partial charge < -0.3 is 18.2 Å². The van der Waals surface area contributed by atoms with Crippen LogP contribution in [-0.2, 0) is 13.1 Å². The van der Waals surface area contributed by atoms with Crippen molar-refractivity contribution >= 4 is 16.9 Å². The number of hydrogen-bond acceptors (Lipinski definition) is 4. The maximum absolute atomic E-state index is 13.6. The van der Waals surface area contributed by atoms with E-state index in [1.54, 1.807) is 30.2 Å². The molecule has 0 spiro atoms. The number of rotatable bonds is 5. The van der Waals surface area contributed by atoms with E-state index in [0.29, 0.717) is 28.1 Å². The summed E-state index contributed by atoms with van der Waals surface area (Å²) in [4.78, 5) is 14.8. The number of hydrogen-bond donors (Lipinski definition) is 0. The van der Waals surface area contributed by atoms with E-state index >= 15 is 0 Å². The van der Waals surface area contributed by atoms with Crippen LogP contribution in [0.4, 0.5) is 4.39 Å². The number of furan rings is 3. The molecular weight excluding hydrogens is 349 g/mol. The van der Waals surface area contributed by atoms with Crippen LogP contribution in [0.25, 0.3) is 11.0 Å². The second-order valence-electron chi connectivity index (χ2n) is 6.45. The van der Waals surface area contributed by atoms with Crippen molar-refractivity contribution < 1.29 is 22.4 Å². The first-order chi connectivity index (χ1) is 13.0. The number of benzene rings is 1. The molecule has 27 heavy (non-hydrogen) atoms. The zero-order chi connectivity index (χ0) is 19.0. The van der Waals surface area contributed by atoms with Crippen molar-refractivity contribution in [3.05, 3.63) is 83.1 Å². The van der Waals surface area contributed by atoms with Crippen LogP contribution in [0.1, 0.15) is 33.4 Å². The van der Waals surface area contributed by atoms with E-state index in [9.17, 15) is 9.18 Å². The minimum absolute atomic E-state index is 0.186. The summed E-state index contributed by atoms with van der Waals surface area (Å²) in [7, 11) is 0. The number of amides is 1. The van der Waals surface area contributed by atoms with Gasteiger partial charge in [0.05, 0.1) is 19.4 Å². The Morgan fingerprint density at radius 3 is 2.56 bits per heavy atom. The van der Waals surface area contributed by atoms with Crippen LogP contribution in [0.3, 0.4) is 0 Å². The summed E-state index contributed by atoms with van der Waals surface area (Å²) in [5.74, 6) is 1.58. The number of nitrogens with zero attached hydrogens (tertiary/aromatic N) is 1. The fourth-order valence-electron chi connectivity index (χ4n) is 3.09. The van der Waals surface area contributed by atoms with Crippen LogP contribution in [0, 0.1) is 19.7 Å². The van der Waals surface area contributed by atoms with Crippen LogP contribution in [0.2, 0.25) is 0 Å². The van der Waals surface area contributed by atoms with E-state index < -0.39 is 0 Å². The van der Waals surface area contributed by atoms with Crippen LogP contribution in [-0.4, -0.2) is 10.8 Å². The zero-order valence-corrected chi connectivity index (χ0v) is 15.0. The fraction of sp³-hybridized carbons (Fsp3) is 0.190. The highest BCUT2D eigenvalue weighted by molar-refractivity contribution is 5.98. The summed E-state index contributed by atoms with van der Waals surface area (Å²) < 4.78 is 30.3. The number of aryl methyl sites for hydroxylation is 2. The summed E-state index contributed by atoms with van der Waals surface area (Å²) >= 11 is 0. The molecule has 1 aromatic carbocycles. The maximum Gasteiger partial charge on any atom is 0.290 e. The van der Waals surface area contributed by atoms with E-state index in [2.05, 4.69) is 0 Å². The van der Waals surface area contributed by atoms with Crippen LogP contribution in [0.15, 0.2) is 62.0 Å². The summed E-state index contributed by atoms with van der Waals surface area (Å²) in [5.41, 5.74) is 1.08. The normalized spacial score (nSPS) is 11.2. The topological polar surface area (TPSA) is 59.7 Å². The Bertz CT molecular complexity index is 1090. The lowest BCUT2D eigenvalue weighted by Gasteiger charge is -2.19. The molecule has 3 heterocycles. The number of carbonyl (C=O) groups is 1. The van der Waals surface area contributed by atoms with Crippen molar-refractivity contribution in [2.75, 3.05) is 0 Å². The molecule has 0 bridgehead atoms. The van der Waals surface area contributed by atoms with Crippen molar-refractivity contribution in [1.29, 1.82) is 0 Å². The van der Waals surface area contributed by atoms with Gasteiger partial charge in [-0.05, 0) is 56.3 Å². The third-order valence-corrected chi connectivity index (χ3v) is 4.45. The Morgan fingerprint density at radius 1 is 1.04 bits per heavy atom. The highest BCUT2D eigenvalue weighted by Gasteiger charge is 2.25. The average molecular weight is 367 g/mol. The van der Waals surface area contributed by atoms with Crippen LogP contribution in [0.5, 0.6) is 0 Å². The Hall–Kier alpha value is -3.28. The van der Waals surface area contributed by atoms with E-state index in [1.165, 1.54) is 18.2 Å². The highest BCUT2D eigenvalue weighted by atomic mass is 19.1. The minimum Gasteiger partial charge on any atom is -0.467 e. The van der Waals surface area contributed by atoms with Gasteiger partial charge in [0.15, 0.2) is 5.76 Å². The van der Waals surface area contributed by atoms with Gasteiger partial charge in [-0.1, -0.05) is 0 Å². The molecule has 4 aromatic rings. The molecule has 0 atom stereocenters. The minimum atomic E-state index is -0.371. The molecule has 0 saturated carbocycles. The van der Waals surface area contributed by atoms with E-state index in [-0.39, 0.29) is 30.6 Å². The van der Waals surface area contributed by atoms with E-state index in [1.807, 2.05) is 19.1 Å². The lowest BCUT2D eigenvalue weighted by molar-refractivity contribution is 0.0673. The molecule has 6 heteroatoms. The van der Waals surface area contributed by atoms with Crippen LogP contribution >= 0.6 is 0 Å². The van der Waals surface area contributed by atoms with Gasteiger partial charge in [0.25, 0.3) is 5.91 Å². The second kappa shape index (κ2) is 6.79. The number of fused-ring (bicyclic) bond motifs is 1. The van der Waals surface area contributed by atoms with Gasteiger partial charge in [0, 0.05) is 10.9 Å². The molecule has 5 nitrogen and oxygen atoms in total. The van der Waals surface area contributed by atoms with Gasteiger partial charge in [-0.25, -0.2) is 4.39 Å². The molecule has 3 aromatic heterocycles. The highest BCUT2D eigenvalue weighted by Crippen LogP contribution is 2.28. The summed E-state index contributed by atoms with van der Waals surface area (Å²) in [6.07, 6.45) is 1.56. The molecule has 0 fully saturated rings. The summed E-state index contributed by atoms with van der Waals surface area (Å²) in [6.45, 7) is 4.12. The molecule has 0 unspecified atom stereocenters. The molecule has 0 radical (unpaired) electrons. The van der Waals surface area contributed by atoms with Gasteiger partial charge in [-0.3, -0.25) is 4.79 Å². The third kappa shape index (κ3) is 3.38. The van der Waals surface area contributed by atoms with Gasteiger partial charge >= 0.3 is 0 Å². The third-order valence-electron chi connectivity index (χ3n) is 4.45. The van der Waals surface area contributed by atoms with Crippen LogP contribution < -0.4 is 0 Å². The number of carbonyl (C=O) groups excluding carboxylic acids is 1. The maximum atomic E-state index is 13.6. The molecule has 0 N–H and O–H groups in total. The largest absolute Gasteiger partial charge is 0.467 e. The van der Waals surface area contributed by atoms with Gasteiger partial charge in [-0.15, -0.1) is 0 Å². The number of halogens is 1. The first-order valence-corrected chi connectivity index (χ1v) is 8.57. The Kier molecular flexibility index (Phi) is 4.32. The Labute approximate surface area is 155 Å². The summed E-state index contributed by atoms with van der Waals surface area (Å²) in [5, 5.41) is 0.588. The first kappa shape index (κ1) is 17.1. The molecule has 0 aliphatic heterocycles. The van der Waals surface area contributed by atoms with Crippen molar-refractivity contribution in [2.45, 2.75) is 26.9 Å². The van der Waals surface area contributed by atoms with Crippen molar-refractivity contribution in [1.82, 2.24) is 4.90 Å². The molecule has 1 amide bonds. The van der Waals surface area contributed by atoms with Crippen molar-refractivity contribution in [3.8, 4) is 0 Å². The Balaban J connectivity index is 1.70. The second-order valence-corrected chi connectivity index (χ2v) is 6.45. The SMILES string of the molecule is Cc1ccc(CN(Cc2ccco2)C(=O)c2oc3ccc(F)cc3c2C)o1.